The molecule has 0 bridgehead atoms. The van der Waals surface area contributed by atoms with Crippen molar-refractivity contribution in [2.75, 3.05) is 0 Å². The SMILES string of the molecule is Clc1cc2[nH]c3ccccc3c2cc1-c1ccccc1. The Balaban J connectivity index is 2.08. The van der Waals surface area contributed by atoms with Gasteiger partial charge in [0, 0.05) is 27.4 Å². The molecule has 0 aliphatic carbocycles. The van der Waals surface area contributed by atoms with Gasteiger partial charge in [0.25, 0.3) is 0 Å². The molecule has 1 N–H and O–H groups in total. The van der Waals surface area contributed by atoms with Gasteiger partial charge in [-0.15, -0.1) is 0 Å². The molecule has 20 heavy (non-hydrogen) atoms. The Hall–Kier alpha value is -2.25. The number of benzene rings is 3. The standard InChI is InChI=1S/C18H12ClN/c19-16-11-18-15(13-8-4-5-9-17(13)20-18)10-14(16)12-6-2-1-3-7-12/h1-11,20H. The second-order valence-electron chi connectivity index (χ2n) is 4.91. The lowest BCUT2D eigenvalue weighted by atomic mass is 10.0. The minimum Gasteiger partial charge on any atom is -0.354 e. The lowest BCUT2D eigenvalue weighted by Gasteiger charge is -2.05. The quantitative estimate of drug-likeness (QED) is 0.463. The van der Waals surface area contributed by atoms with Crippen LogP contribution in [0.2, 0.25) is 5.02 Å². The smallest absolute Gasteiger partial charge is 0.0505 e. The molecule has 96 valence electrons. The van der Waals surface area contributed by atoms with Crippen LogP contribution in [0.25, 0.3) is 32.9 Å². The van der Waals surface area contributed by atoms with E-state index in [1.807, 2.05) is 30.3 Å². The molecule has 4 rings (SSSR count). The van der Waals surface area contributed by atoms with Crippen LogP contribution in [0, 0.1) is 0 Å². The third-order valence-corrected chi connectivity index (χ3v) is 3.99. The summed E-state index contributed by atoms with van der Waals surface area (Å²) in [4.78, 5) is 3.41. The first-order valence-electron chi connectivity index (χ1n) is 6.58. The highest BCUT2D eigenvalue weighted by Gasteiger charge is 2.09. The van der Waals surface area contributed by atoms with Crippen molar-refractivity contribution in [1.82, 2.24) is 4.98 Å². The van der Waals surface area contributed by atoms with Crippen molar-refractivity contribution in [3.8, 4) is 11.1 Å². The summed E-state index contributed by atoms with van der Waals surface area (Å²) in [6, 6.07) is 22.8. The van der Waals surface area contributed by atoms with Crippen molar-refractivity contribution in [3.05, 3.63) is 71.8 Å². The molecule has 0 aliphatic rings. The van der Waals surface area contributed by atoms with E-state index in [4.69, 9.17) is 11.6 Å². The molecule has 0 amide bonds. The Bertz CT molecular complexity index is 907. The van der Waals surface area contributed by atoms with Gasteiger partial charge in [-0.2, -0.15) is 0 Å². The molecule has 1 nitrogen and oxygen atoms in total. The third kappa shape index (κ3) is 1.71. The summed E-state index contributed by atoms with van der Waals surface area (Å²) in [5.41, 5.74) is 4.44. The second-order valence-corrected chi connectivity index (χ2v) is 5.32. The molecule has 0 spiro atoms. The summed E-state index contributed by atoms with van der Waals surface area (Å²) >= 11 is 6.45. The molecule has 0 unspecified atom stereocenters. The lowest BCUT2D eigenvalue weighted by molar-refractivity contribution is 1.54. The normalized spacial score (nSPS) is 11.2. The fourth-order valence-corrected chi connectivity index (χ4v) is 2.98. The first-order chi connectivity index (χ1) is 9.83. The maximum Gasteiger partial charge on any atom is 0.0505 e. The second kappa shape index (κ2) is 4.39. The van der Waals surface area contributed by atoms with Crippen LogP contribution in [0.15, 0.2) is 66.7 Å². The molecule has 0 atom stereocenters. The molecule has 1 heterocycles. The zero-order valence-electron chi connectivity index (χ0n) is 10.7. The number of nitrogens with one attached hydrogen (secondary N) is 1. The summed E-state index contributed by atoms with van der Waals surface area (Å²) < 4.78 is 0. The summed E-state index contributed by atoms with van der Waals surface area (Å²) in [6.07, 6.45) is 0. The fourth-order valence-electron chi connectivity index (χ4n) is 2.71. The largest absolute Gasteiger partial charge is 0.354 e. The average Bonchev–Trinajstić information content (AvgIpc) is 2.84. The molecule has 2 heteroatoms. The van der Waals surface area contributed by atoms with E-state index in [2.05, 4.69) is 41.4 Å². The predicted molar refractivity (Wildman–Crippen MR) is 86.3 cm³/mol. The van der Waals surface area contributed by atoms with E-state index in [1.165, 1.54) is 10.8 Å². The van der Waals surface area contributed by atoms with Gasteiger partial charge in [0.2, 0.25) is 0 Å². The number of aromatic nitrogens is 1. The maximum atomic E-state index is 6.45. The Morgan fingerprint density at radius 1 is 0.700 bits per heavy atom. The van der Waals surface area contributed by atoms with Gasteiger partial charge in [-0.1, -0.05) is 60.1 Å². The topological polar surface area (TPSA) is 15.8 Å². The fraction of sp³-hybridized carbons (Fsp3) is 0. The van der Waals surface area contributed by atoms with Gasteiger partial charge in [0.05, 0.1) is 5.02 Å². The van der Waals surface area contributed by atoms with Gasteiger partial charge in [0.1, 0.15) is 0 Å². The van der Waals surface area contributed by atoms with Gasteiger partial charge in [0.15, 0.2) is 0 Å². The molecule has 0 radical (unpaired) electrons. The number of rotatable bonds is 1. The zero-order valence-corrected chi connectivity index (χ0v) is 11.5. The first kappa shape index (κ1) is 11.6. The van der Waals surface area contributed by atoms with Crippen LogP contribution < -0.4 is 0 Å². The van der Waals surface area contributed by atoms with Gasteiger partial charge in [-0.05, 0) is 23.8 Å². The van der Waals surface area contributed by atoms with Gasteiger partial charge in [-0.3, -0.25) is 0 Å². The number of fused-ring (bicyclic) bond motifs is 3. The van der Waals surface area contributed by atoms with Crippen LogP contribution in [0.3, 0.4) is 0 Å². The Kier molecular flexibility index (Phi) is 2.54. The molecule has 0 fully saturated rings. The van der Waals surface area contributed by atoms with E-state index in [0.717, 1.165) is 27.2 Å². The molecule has 4 aromatic rings. The lowest BCUT2D eigenvalue weighted by Crippen LogP contribution is -1.80. The van der Waals surface area contributed by atoms with Gasteiger partial charge in [-0.25, -0.2) is 0 Å². The highest BCUT2D eigenvalue weighted by Crippen LogP contribution is 2.35. The Morgan fingerprint density at radius 2 is 1.45 bits per heavy atom. The molecule has 1 aromatic heterocycles. The van der Waals surface area contributed by atoms with Crippen LogP contribution in [0.5, 0.6) is 0 Å². The van der Waals surface area contributed by atoms with Crippen molar-refractivity contribution in [2.45, 2.75) is 0 Å². The predicted octanol–water partition coefficient (Wildman–Crippen LogP) is 5.64. The average molecular weight is 278 g/mol. The Labute approximate surface area is 121 Å². The van der Waals surface area contributed by atoms with Crippen LogP contribution in [-0.2, 0) is 0 Å². The molecule has 0 saturated heterocycles. The van der Waals surface area contributed by atoms with Crippen LogP contribution in [-0.4, -0.2) is 4.98 Å². The summed E-state index contributed by atoms with van der Waals surface area (Å²) in [5.74, 6) is 0. The van der Waals surface area contributed by atoms with Crippen LogP contribution >= 0.6 is 11.6 Å². The summed E-state index contributed by atoms with van der Waals surface area (Å²) in [6.45, 7) is 0. The summed E-state index contributed by atoms with van der Waals surface area (Å²) in [7, 11) is 0. The molecule has 3 aromatic carbocycles. The van der Waals surface area contributed by atoms with Crippen molar-refractivity contribution in [3.63, 3.8) is 0 Å². The first-order valence-corrected chi connectivity index (χ1v) is 6.96. The van der Waals surface area contributed by atoms with E-state index < -0.39 is 0 Å². The van der Waals surface area contributed by atoms with Crippen molar-refractivity contribution >= 4 is 33.4 Å². The minimum atomic E-state index is 0.773. The highest BCUT2D eigenvalue weighted by atomic mass is 35.5. The van der Waals surface area contributed by atoms with Crippen LogP contribution in [0.1, 0.15) is 0 Å². The van der Waals surface area contributed by atoms with E-state index in [0.29, 0.717) is 0 Å². The third-order valence-electron chi connectivity index (χ3n) is 3.68. The Morgan fingerprint density at radius 3 is 2.30 bits per heavy atom. The number of hydrogen-bond donors (Lipinski definition) is 1. The number of aromatic amines is 1. The molecule has 0 saturated carbocycles. The minimum absolute atomic E-state index is 0.773. The van der Waals surface area contributed by atoms with Crippen molar-refractivity contribution in [2.24, 2.45) is 0 Å². The number of para-hydroxylation sites is 1. The monoisotopic (exact) mass is 277 g/mol. The molecular weight excluding hydrogens is 266 g/mol. The summed E-state index contributed by atoms with van der Waals surface area (Å²) in [5, 5.41) is 3.22. The number of hydrogen-bond acceptors (Lipinski definition) is 0. The van der Waals surface area contributed by atoms with E-state index in [9.17, 15) is 0 Å². The van der Waals surface area contributed by atoms with E-state index in [-0.39, 0.29) is 0 Å². The van der Waals surface area contributed by atoms with Crippen molar-refractivity contribution in [1.29, 1.82) is 0 Å². The zero-order chi connectivity index (χ0) is 13.5. The number of halogens is 1. The number of H-pyrrole nitrogens is 1. The van der Waals surface area contributed by atoms with E-state index >= 15 is 0 Å². The highest BCUT2D eigenvalue weighted by molar-refractivity contribution is 6.34. The molecular formula is C18H12ClN. The van der Waals surface area contributed by atoms with Gasteiger partial charge >= 0.3 is 0 Å². The van der Waals surface area contributed by atoms with Crippen molar-refractivity contribution < 1.29 is 0 Å². The van der Waals surface area contributed by atoms with Gasteiger partial charge < -0.3 is 4.98 Å². The van der Waals surface area contributed by atoms with Crippen LogP contribution in [0.4, 0.5) is 0 Å². The molecule has 0 aliphatic heterocycles. The van der Waals surface area contributed by atoms with E-state index in [1.54, 1.807) is 0 Å². The maximum absolute atomic E-state index is 6.45.